The Balaban J connectivity index is 1.85. The normalized spacial score (nSPS) is 20.2. The molecule has 26 heavy (non-hydrogen) atoms. The molecule has 1 N–H and O–H groups in total. The van der Waals surface area contributed by atoms with Crippen LogP contribution in [-0.4, -0.2) is 42.0 Å². The smallest absolute Gasteiger partial charge is 0.241 e. The maximum atomic E-state index is 12.7. The number of nitrogens with one attached hydrogen (secondary N) is 1. The molecule has 1 atom stereocenters. The third-order valence-corrected chi connectivity index (χ3v) is 9.66. The van der Waals surface area contributed by atoms with Gasteiger partial charge in [-0.2, -0.15) is 0 Å². The third-order valence-electron chi connectivity index (χ3n) is 4.09. The molecule has 1 aliphatic heterocycles. The molecule has 1 aromatic carbocycles. The summed E-state index contributed by atoms with van der Waals surface area (Å²) >= 11 is 0. The van der Waals surface area contributed by atoms with Crippen LogP contribution in [0.25, 0.3) is 0 Å². The van der Waals surface area contributed by atoms with Crippen molar-refractivity contribution in [3.8, 4) is 0 Å². The van der Waals surface area contributed by atoms with Crippen LogP contribution < -0.4 is 4.72 Å². The Kier molecular flexibility index (Phi) is 4.99. The number of sulfonamides is 1. The first-order chi connectivity index (χ1) is 12.1. The highest BCUT2D eigenvalue weighted by atomic mass is 32.2. The molecule has 142 valence electrons. The average molecular weight is 420 g/mol. The zero-order valence-corrected chi connectivity index (χ0v) is 16.0. The molecule has 0 spiro atoms. The van der Waals surface area contributed by atoms with Crippen molar-refractivity contribution in [2.45, 2.75) is 28.0 Å². The van der Waals surface area contributed by atoms with E-state index in [-0.39, 0.29) is 28.5 Å². The lowest BCUT2D eigenvalue weighted by atomic mass is 10.4. The molecule has 1 saturated heterocycles. The number of benzene rings is 1. The minimum Gasteiger partial charge on any atom is -0.468 e. The molecule has 11 heteroatoms. The monoisotopic (exact) mass is 419 g/mol. The third kappa shape index (κ3) is 4.00. The fraction of sp³-hybridized carbons (Fsp3) is 0.333. The van der Waals surface area contributed by atoms with E-state index in [1.807, 2.05) is 0 Å². The SMILES string of the molecule is O=S1(=O)CC[C@H](S(=O)(=O)c2cccc(S(=O)(=O)NCc3ccco3)c2)C1. The summed E-state index contributed by atoms with van der Waals surface area (Å²) in [7, 11) is -11.3. The fourth-order valence-corrected chi connectivity index (χ4v) is 8.20. The molecule has 0 bridgehead atoms. The Bertz CT molecular complexity index is 1100. The van der Waals surface area contributed by atoms with Crippen molar-refractivity contribution in [2.75, 3.05) is 11.5 Å². The van der Waals surface area contributed by atoms with E-state index in [2.05, 4.69) is 4.72 Å². The minimum absolute atomic E-state index is 0.0123. The summed E-state index contributed by atoms with van der Waals surface area (Å²) in [4.78, 5) is -0.425. The predicted octanol–water partition coefficient (Wildman–Crippen LogP) is 0.719. The lowest BCUT2D eigenvalue weighted by Gasteiger charge is -2.12. The molecular weight excluding hydrogens is 402 g/mol. The standard InChI is InChI=1S/C15H17NO7S3/c17-24(18)8-6-15(11-24)25(19,20)13-4-1-5-14(9-13)26(21,22)16-10-12-3-2-7-23-12/h1-5,7,9,15-16H,6,8,10-11H2/t15-/m0/s1. The Morgan fingerprint density at radius 3 is 2.42 bits per heavy atom. The van der Waals surface area contributed by atoms with Crippen molar-refractivity contribution >= 4 is 29.7 Å². The van der Waals surface area contributed by atoms with Crippen LogP contribution in [0.2, 0.25) is 0 Å². The number of furan rings is 1. The second-order valence-corrected chi connectivity index (χ2v) is 12.2. The highest BCUT2D eigenvalue weighted by Gasteiger charge is 2.38. The Hall–Kier alpha value is -1.69. The van der Waals surface area contributed by atoms with Crippen LogP contribution in [0.3, 0.4) is 0 Å². The van der Waals surface area contributed by atoms with Gasteiger partial charge in [-0.05, 0) is 36.8 Å². The van der Waals surface area contributed by atoms with E-state index in [0.29, 0.717) is 5.76 Å². The van der Waals surface area contributed by atoms with E-state index in [1.165, 1.54) is 24.5 Å². The zero-order valence-electron chi connectivity index (χ0n) is 13.5. The van der Waals surface area contributed by atoms with Gasteiger partial charge in [0.2, 0.25) is 10.0 Å². The van der Waals surface area contributed by atoms with Gasteiger partial charge < -0.3 is 4.42 Å². The summed E-state index contributed by atoms with van der Waals surface area (Å²) in [6, 6.07) is 8.12. The number of hydrogen-bond acceptors (Lipinski definition) is 7. The average Bonchev–Trinajstić information content (AvgIpc) is 3.22. The topological polar surface area (TPSA) is 128 Å². The molecule has 2 heterocycles. The van der Waals surface area contributed by atoms with E-state index in [4.69, 9.17) is 4.42 Å². The fourth-order valence-electron chi connectivity index (χ4n) is 2.68. The van der Waals surface area contributed by atoms with Gasteiger partial charge in [-0.3, -0.25) is 0 Å². The molecule has 3 rings (SSSR count). The van der Waals surface area contributed by atoms with Crippen LogP contribution in [-0.2, 0) is 36.2 Å². The molecule has 1 aliphatic rings. The van der Waals surface area contributed by atoms with E-state index in [1.54, 1.807) is 12.1 Å². The Morgan fingerprint density at radius 2 is 1.81 bits per heavy atom. The molecule has 2 aromatic rings. The summed E-state index contributed by atoms with van der Waals surface area (Å²) in [5.74, 6) is -0.212. The van der Waals surface area contributed by atoms with Crippen molar-refractivity contribution in [3.05, 3.63) is 48.4 Å². The summed E-state index contributed by atoms with van der Waals surface area (Å²) in [6.07, 6.45) is 1.42. The molecule has 8 nitrogen and oxygen atoms in total. The molecule has 1 aromatic heterocycles. The van der Waals surface area contributed by atoms with Gasteiger partial charge in [0.05, 0.1) is 39.4 Å². The highest BCUT2D eigenvalue weighted by Crippen LogP contribution is 2.26. The number of hydrogen-bond donors (Lipinski definition) is 1. The predicted molar refractivity (Wildman–Crippen MR) is 93.4 cm³/mol. The molecule has 0 radical (unpaired) electrons. The summed E-state index contributed by atoms with van der Waals surface area (Å²) in [5.41, 5.74) is 0. The van der Waals surface area contributed by atoms with Gasteiger partial charge in [0.15, 0.2) is 19.7 Å². The number of rotatable bonds is 6. The van der Waals surface area contributed by atoms with Crippen molar-refractivity contribution in [2.24, 2.45) is 0 Å². The maximum absolute atomic E-state index is 12.7. The van der Waals surface area contributed by atoms with Crippen molar-refractivity contribution in [1.29, 1.82) is 0 Å². The Labute approximate surface area is 152 Å². The van der Waals surface area contributed by atoms with Gasteiger partial charge >= 0.3 is 0 Å². The summed E-state index contributed by atoms with van der Waals surface area (Å²) < 4.78 is 80.6. The van der Waals surface area contributed by atoms with Crippen LogP contribution >= 0.6 is 0 Å². The largest absolute Gasteiger partial charge is 0.468 e. The molecule has 0 amide bonds. The molecule has 0 unspecified atom stereocenters. The first-order valence-corrected chi connectivity index (χ1v) is 12.5. The first-order valence-electron chi connectivity index (χ1n) is 7.67. The summed E-state index contributed by atoms with van der Waals surface area (Å²) in [6.45, 7) is -0.0762. The van der Waals surface area contributed by atoms with E-state index >= 15 is 0 Å². The van der Waals surface area contributed by atoms with Gasteiger partial charge in [0.25, 0.3) is 0 Å². The van der Waals surface area contributed by atoms with Crippen molar-refractivity contribution in [1.82, 2.24) is 4.72 Å². The summed E-state index contributed by atoms with van der Waals surface area (Å²) in [5, 5.41) is -1.05. The van der Waals surface area contributed by atoms with Gasteiger partial charge in [-0.15, -0.1) is 0 Å². The van der Waals surface area contributed by atoms with Crippen LogP contribution in [0.5, 0.6) is 0 Å². The van der Waals surface area contributed by atoms with Crippen LogP contribution in [0.4, 0.5) is 0 Å². The van der Waals surface area contributed by atoms with E-state index in [0.717, 1.165) is 6.07 Å². The Morgan fingerprint density at radius 1 is 1.08 bits per heavy atom. The van der Waals surface area contributed by atoms with E-state index < -0.39 is 40.7 Å². The lowest BCUT2D eigenvalue weighted by molar-refractivity contribution is 0.498. The quantitative estimate of drug-likeness (QED) is 0.730. The number of sulfone groups is 2. The molecule has 1 fully saturated rings. The molecule has 0 aliphatic carbocycles. The van der Waals surface area contributed by atoms with Gasteiger partial charge in [0.1, 0.15) is 5.76 Å². The van der Waals surface area contributed by atoms with Gasteiger partial charge in [-0.25, -0.2) is 30.0 Å². The second kappa shape index (κ2) is 6.80. The highest BCUT2D eigenvalue weighted by molar-refractivity contribution is 7.96. The molecule has 0 saturated carbocycles. The first kappa shape index (κ1) is 19.1. The maximum Gasteiger partial charge on any atom is 0.241 e. The zero-order chi connectivity index (χ0) is 19.0. The second-order valence-electron chi connectivity index (χ2n) is 5.95. The minimum atomic E-state index is -3.96. The van der Waals surface area contributed by atoms with Crippen LogP contribution in [0.15, 0.2) is 56.9 Å². The van der Waals surface area contributed by atoms with Crippen molar-refractivity contribution < 1.29 is 29.7 Å². The molecular formula is C15H17NO7S3. The van der Waals surface area contributed by atoms with Crippen LogP contribution in [0, 0.1) is 0 Å². The van der Waals surface area contributed by atoms with Gasteiger partial charge in [0, 0.05) is 0 Å². The van der Waals surface area contributed by atoms with Crippen LogP contribution in [0.1, 0.15) is 12.2 Å². The van der Waals surface area contributed by atoms with E-state index in [9.17, 15) is 25.3 Å². The lowest BCUT2D eigenvalue weighted by Crippen LogP contribution is -2.25. The van der Waals surface area contributed by atoms with Gasteiger partial charge in [-0.1, -0.05) is 6.07 Å². The van der Waals surface area contributed by atoms with Crippen molar-refractivity contribution in [3.63, 3.8) is 0 Å².